The zero-order chi connectivity index (χ0) is 12.3. The molecule has 0 unspecified atom stereocenters. The molecular formula is C11H13N5O. The molecule has 0 atom stereocenters. The van der Waals surface area contributed by atoms with Gasteiger partial charge in [-0.1, -0.05) is 18.2 Å². The number of anilines is 2. The van der Waals surface area contributed by atoms with Gasteiger partial charge in [0.2, 0.25) is 11.9 Å². The lowest BCUT2D eigenvalue weighted by Gasteiger charge is -2.11. The van der Waals surface area contributed by atoms with Crippen LogP contribution in [0.5, 0.6) is 11.8 Å². The molecule has 17 heavy (non-hydrogen) atoms. The van der Waals surface area contributed by atoms with Gasteiger partial charge in [0.05, 0.1) is 0 Å². The average molecular weight is 231 g/mol. The van der Waals surface area contributed by atoms with Crippen LogP contribution in [0.1, 0.15) is 0 Å². The number of ether oxygens (including phenoxy) is 1. The molecule has 2 N–H and O–H groups in total. The van der Waals surface area contributed by atoms with Gasteiger partial charge < -0.3 is 15.4 Å². The summed E-state index contributed by atoms with van der Waals surface area (Å²) in [5, 5.41) is 0. The van der Waals surface area contributed by atoms with Crippen molar-refractivity contribution in [1.82, 2.24) is 15.0 Å². The Morgan fingerprint density at radius 2 is 1.76 bits per heavy atom. The van der Waals surface area contributed by atoms with E-state index in [0.717, 1.165) is 0 Å². The predicted octanol–water partition coefficient (Wildman–Crippen LogP) is 1.31. The number of hydrogen-bond acceptors (Lipinski definition) is 6. The maximum absolute atomic E-state index is 5.58. The number of benzene rings is 1. The summed E-state index contributed by atoms with van der Waals surface area (Å²) in [7, 11) is 3.64. The molecular weight excluding hydrogens is 218 g/mol. The number of para-hydroxylation sites is 1. The Hall–Kier alpha value is -2.37. The number of rotatable bonds is 3. The van der Waals surface area contributed by atoms with Gasteiger partial charge in [0.1, 0.15) is 5.75 Å². The van der Waals surface area contributed by atoms with Gasteiger partial charge in [0.15, 0.2) is 0 Å². The van der Waals surface area contributed by atoms with Gasteiger partial charge in [0, 0.05) is 14.1 Å². The van der Waals surface area contributed by atoms with Crippen LogP contribution in [0.25, 0.3) is 0 Å². The van der Waals surface area contributed by atoms with Crippen LogP contribution < -0.4 is 15.4 Å². The van der Waals surface area contributed by atoms with E-state index in [-0.39, 0.29) is 12.0 Å². The number of nitrogen functional groups attached to an aromatic ring is 1. The maximum Gasteiger partial charge on any atom is 0.328 e. The third-order valence-electron chi connectivity index (χ3n) is 1.97. The minimum Gasteiger partial charge on any atom is -0.424 e. The average Bonchev–Trinajstić information content (AvgIpc) is 2.29. The van der Waals surface area contributed by atoms with Gasteiger partial charge in [-0.3, -0.25) is 0 Å². The van der Waals surface area contributed by atoms with Gasteiger partial charge >= 0.3 is 6.01 Å². The Kier molecular flexibility index (Phi) is 3.04. The van der Waals surface area contributed by atoms with E-state index in [1.54, 1.807) is 4.90 Å². The van der Waals surface area contributed by atoms with Gasteiger partial charge in [-0.25, -0.2) is 0 Å². The van der Waals surface area contributed by atoms with Crippen molar-refractivity contribution in [3.63, 3.8) is 0 Å². The summed E-state index contributed by atoms with van der Waals surface area (Å²) in [5.41, 5.74) is 5.58. The van der Waals surface area contributed by atoms with Crippen LogP contribution in [0.3, 0.4) is 0 Å². The molecule has 0 aliphatic rings. The normalized spacial score (nSPS) is 10.0. The number of hydrogen-bond donors (Lipinski definition) is 1. The van der Waals surface area contributed by atoms with Gasteiger partial charge in [-0.15, -0.1) is 0 Å². The van der Waals surface area contributed by atoms with Crippen LogP contribution >= 0.6 is 0 Å². The third-order valence-corrected chi connectivity index (χ3v) is 1.97. The van der Waals surface area contributed by atoms with Crippen molar-refractivity contribution in [3.8, 4) is 11.8 Å². The highest BCUT2D eigenvalue weighted by Gasteiger charge is 2.07. The van der Waals surface area contributed by atoms with Crippen molar-refractivity contribution in [1.29, 1.82) is 0 Å². The van der Waals surface area contributed by atoms with Crippen molar-refractivity contribution >= 4 is 11.9 Å². The van der Waals surface area contributed by atoms with Crippen LogP contribution in [0.2, 0.25) is 0 Å². The van der Waals surface area contributed by atoms with E-state index in [4.69, 9.17) is 10.5 Å². The van der Waals surface area contributed by atoms with E-state index >= 15 is 0 Å². The van der Waals surface area contributed by atoms with E-state index in [2.05, 4.69) is 15.0 Å². The zero-order valence-electron chi connectivity index (χ0n) is 9.66. The van der Waals surface area contributed by atoms with E-state index in [1.807, 2.05) is 44.4 Å². The Balaban J connectivity index is 2.27. The first kappa shape index (κ1) is 11.1. The van der Waals surface area contributed by atoms with Crippen LogP contribution in [-0.2, 0) is 0 Å². The Morgan fingerprint density at radius 3 is 2.41 bits per heavy atom. The minimum absolute atomic E-state index is 0.134. The molecule has 0 amide bonds. The largest absolute Gasteiger partial charge is 0.424 e. The summed E-state index contributed by atoms with van der Waals surface area (Å²) in [6.45, 7) is 0. The van der Waals surface area contributed by atoms with Crippen LogP contribution in [0.15, 0.2) is 30.3 Å². The summed E-state index contributed by atoms with van der Waals surface area (Å²) >= 11 is 0. The first-order valence-corrected chi connectivity index (χ1v) is 5.07. The fourth-order valence-electron chi connectivity index (χ4n) is 1.20. The molecule has 0 radical (unpaired) electrons. The molecule has 6 heteroatoms. The van der Waals surface area contributed by atoms with Gasteiger partial charge in [0.25, 0.3) is 0 Å². The smallest absolute Gasteiger partial charge is 0.328 e. The second-order valence-corrected chi connectivity index (χ2v) is 3.59. The van der Waals surface area contributed by atoms with Crippen molar-refractivity contribution < 1.29 is 4.74 Å². The number of aromatic nitrogens is 3. The molecule has 0 saturated heterocycles. The zero-order valence-corrected chi connectivity index (χ0v) is 9.66. The lowest BCUT2D eigenvalue weighted by atomic mass is 10.3. The summed E-state index contributed by atoms with van der Waals surface area (Å²) in [6, 6.07) is 9.46. The molecule has 2 aromatic rings. The maximum atomic E-state index is 5.58. The van der Waals surface area contributed by atoms with E-state index in [0.29, 0.717) is 11.7 Å². The van der Waals surface area contributed by atoms with Crippen LogP contribution in [0, 0.1) is 0 Å². The third kappa shape index (κ3) is 2.81. The Labute approximate surface area is 99.1 Å². The second-order valence-electron chi connectivity index (χ2n) is 3.59. The molecule has 1 heterocycles. The summed E-state index contributed by atoms with van der Waals surface area (Å²) in [6.07, 6.45) is 0. The molecule has 0 fully saturated rings. The van der Waals surface area contributed by atoms with Crippen molar-refractivity contribution in [3.05, 3.63) is 30.3 Å². The van der Waals surface area contributed by atoms with E-state index in [1.165, 1.54) is 0 Å². The van der Waals surface area contributed by atoms with Gasteiger partial charge in [-0.2, -0.15) is 15.0 Å². The number of nitrogens with zero attached hydrogens (tertiary/aromatic N) is 4. The Morgan fingerprint density at radius 1 is 1.06 bits per heavy atom. The van der Waals surface area contributed by atoms with Crippen LogP contribution in [-0.4, -0.2) is 29.0 Å². The molecule has 1 aromatic heterocycles. The molecule has 1 aromatic carbocycles. The second kappa shape index (κ2) is 4.65. The van der Waals surface area contributed by atoms with Crippen molar-refractivity contribution in [2.75, 3.05) is 24.7 Å². The first-order chi connectivity index (χ1) is 8.15. The van der Waals surface area contributed by atoms with E-state index < -0.39 is 0 Å². The first-order valence-electron chi connectivity index (χ1n) is 5.07. The van der Waals surface area contributed by atoms with Crippen molar-refractivity contribution in [2.45, 2.75) is 0 Å². The lowest BCUT2D eigenvalue weighted by molar-refractivity contribution is 0.441. The highest BCUT2D eigenvalue weighted by molar-refractivity contribution is 5.35. The monoisotopic (exact) mass is 231 g/mol. The van der Waals surface area contributed by atoms with Crippen molar-refractivity contribution in [2.24, 2.45) is 0 Å². The lowest BCUT2D eigenvalue weighted by Crippen LogP contribution is -2.15. The molecule has 0 saturated carbocycles. The molecule has 0 aliphatic heterocycles. The summed E-state index contributed by atoms with van der Waals surface area (Å²) in [4.78, 5) is 13.8. The molecule has 88 valence electrons. The van der Waals surface area contributed by atoms with Gasteiger partial charge in [-0.05, 0) is 12.1 Å². The summed E-state index contributed by atoms with van der Waals surface area (Å²) in [5.74, 6) is 1.25. The minimum atomic E-state index is 0.134. The SMILES string of the molecule is CN(C)c1nc(N)nc(Oc2ccccc2)n1. The standard InChI is InChI=1S/C11H13N5O/c1-16(2)10-13-9(12)14-11(15-10)17-8-6-4-3-5-7-8/h3-7H,1-2H3,(H2,12,13,14,15). The molecule has 6 nitrogen and oxygen atoms in total. The predicted molar refractivity (Wildman–Crippen MR) is 65.1 cm³/mol. The molecule has 2 rings (SSSR count). The molecule has 0 spiro atoms. The molecule has 0 bridgehead atoms. The van der Waals surface area contributed by atoms with Crippen LogP contribution in [0.4, 0.5) is 11.9 Å². The fourth-order valence-corrected chi connectivity index (χ4v) is 1.20. The molecule has 0 aliphatic carbocycles. The summed E-state index contributed by atoms with van der Waals surface area (Å²) < 4.78 is 5.48. The number of nitrogens with two attached hydrogens (primary N) is 1. The highest BCUT2D eigenvalue weighted by Crippen LogP contribution is 2.18. The highest BCUT2D eigenvalue weighted by atomic mass is 16.5. The quantitative estimate of drug-likeness (QED) is 0.858. The fraction of sp³-hybridized carbons (Fsp3) is 0.182. The van der Waals surface area contributed by atoms with E-state index in [9.17, 15) is 0 Å². The topological polar surface area (TPSA) is 77.2 Å². The Bertz CT molecular complexity index is 500.